The van der Waals surface area contributed by atoms with Crippen LogP contribution in [0.4, 0.5) is 18.9 Å². The molecule has 1 aliphatic rings. The number of rotatable bonds is 3. The van der Waals surface area contributed by atoms with Crippen molar-refractivity contribution < 1.29 is 13.2 Å². The Balaban J connectivity index is 1.58. The fraction of sp³-hybridized carbons (Fsp3) is 0.316. The number of anilines is 1. The highest BCUT2D eigenvalue weighted by atomic mass is 19.4. The molecule has 24 heavy (non-hydrogen) atoms. The highest BCUT2D eigenvalue weighted by Gasteiger charge is 2.30. The Morgan fingerprint density at radius 3 is 2.21 bits per heavy atom. The maximum atomic E-state index is 12.8. The predicted molar refractivity (Wildman–Crippen MR) is 89.8 cm³/mol. The summed E-state index contributed by atoms with van der Waals surface area (Å²) >= 11 is 0. The lowest BCUT2D eigenvalue weighted by molar-refractivity contribution is -0.137. The van der Waals surface area contributed by atoms with E-state index in [4.69, 9.17) is 0 Å². The molecule has 1 aliphatic heterocycles. The number of halogens is 3. The second-order valence-electron chi connectivity index (χ2n) is 6.13. The minimum atomic E-state index is -4.28. The third kappa shape index (κ3) is 4.09. The largest absolute Gasteiger partial charge is 0.416 e. The Morgan fingerprint density at radius 1 is 0.917 bits per heavy atom. The van der Waals surface area contributed by atoms with Gasteiger partial charge in [-0.25, -0.2) is 0 Å². The van der Waals surface area contributed by atoms with Gasteiger partial charge in [0.25, 0.3) is 0 Å². The third-order valence-electron chi connectivity index (χ3n) is 4.33. The van der Waals surface area contributed by atoms with Gasteiger partial charge in [-0.2, -0.15) is 13.2 Å². The number of piperazine rings is 1. The van der Waals surface area contributed by atoms with Crippen LogP contribution >= 0.6 is 0 Å². The first-order valence-electron chi connectivity index (χ1n) is 7.97. The van der Waals surface area contributed by atoms with Crippen molar-refractivity contribution in [3.8, 4) is 0 Å². The Bertz CT molecular complexity index is 672. The maximum absolute atomic E-state index is 12.8. The molecule has 0 aromatic heterocycles. The van der Waals surface area contributed by atoms with Gasteiger partial charge in [-0.05, 0) is 36.2 Å². The molecule has 0 N–H and O–H groups in total. The van der Waals surface area contributed by atoms with Gasteiger partial charge in [-0.15, -0.1) is 0 Å². The number of alkyl halides is 3. The Morgan fingerprint density at radius 2 is 1.58 bits per heavy atom. The molecule has 0 aliphatic carbocycles. The van der Waals surface area contributed by atoms with E-state index in [2.05, 4.69) is 28.9 Å². The molecule has 1 fully saturated rings. The van der Waals surface area contributed by atoms with E-state index in [1.54, 1.807) is 6.07 Å². The topological polar surface area (TPSA) is 6.48 Å². The molecule has 0 bridgehead atoms. The minimum Gasteiger partial charge on any atom is -0.369 e. The lowest BCUT2D eigenvalue weighted by atomic mass is 10.1. The predicted octanol–water partition coefficient (Wildman–Crippen LogP) is 4.21. The van der Waals surface area contributed by atoms with Crippen molar-refractivity contribution >= 4 is 5.69 Å². The van der Waals surface area contributed by atoms with Crippen LogP contribution in [0, 0.1) is 6.92 Å². The van der Waals surface area contributed by atoms with E-state index in [9.17, 15) is 13.2 Å². The summed E-state index contributed by atoms with van der Waals surface area (Å²) in [4.78, 5) is 4.49. The summed E-state index contributed by atoms with van der Waals surface area (Å²) in [6, 6.07) is 13.7. The highest BCUT2D eigenvalue weighted by molar-refractivity contribution is 5.48. The monoisotopic (exact) mass is 333 g/mol. The van der Waals surface area contributed by atoms with Crippen LogP contribution in [0.1, 0.15) is 16.7 Å². The molecular weight excluding hydrogens is 313 g/mol. The molecule has 2 aromatic rings. The van der Waals surface area contributed by atoms with E-state index in [1.165, 1.54) is 17.8 Å². The first-order valence-corrected chi connectivity index (χ1v) is 7.97. The summed E-state index contributed by atoms with van der Waals surface area (Å²) in [7, 11) is 0. The fourth-order valence-electron chi connectivity index (χ4n) is 2.98. The van der Waals surface area contributed by atoms with Gasteiger partial charge < -0.3 is 4.90 Å². The molecule has 0 amide bonds. The molecular formula is C19H20F3N2. The van der Waals surface area contributed by atoms with Gasteiger partial charge in [0.2, 0.25) is 0 Å². The zero-order valence-electron chi connectivity index (χ0n) is 13.4. The zero-order chi connectivity index (χ0) is 17.2. The van der Waals surface area contributed by atoms with Gasteiger partial charge in [0.1, 0.15) is 0 Å². The van der Waals surface area contributed by atoms with E-state index < -0.39 is 11.7 Å². The van der Waals surface area contributed by atoms with E-state index in [0.717, 1.165) is 37.8 Å². The van der Waals surface area contributed by atoms with Crippen LogP contribution < -0.4 is 4.90 Å². The first kappa shape index (κ1) is 16.8. The highest BCUT2D eigenvalue weighted by Crippen LogP contribution is 2.30. The molecule has 3 rings (SSSR count). The Kier molecular flexibility index (Phi) is 4.81. The smallest absolute Gasteiger partial charge is 0.369 e. The van der Waals surface area contributed by atoms with Crippen molar-refractivity contribution in [2.45, 2.75) is 12.7 Å². The molecule has 1 saturated heterocycles. The fourth-order valence-corrected chi connectivity index (χ4v) is 2.98. The van der Waals surface area contributed by atoms with Crippen LogP contribution in [0.25, 0.3) is 0 Å². The number of hydrogen-bond donors (Lipinski definition) is 0. The van der Waals surface area contributed by atoms with Crippen molar-refractivity contribution in [2.24, 2.45) is 0 Å². The molecule has 1 heterocycles. The summed E-state index contributed by atoms with van der Waals surface area (Å²) in [6.07, 6.45) is -4.28. The third-order valence-corrected chi connectivity index (χ3v) is 4.33. The summed E-state index contributed by atoms with van der Waals surface area (Å²) in [5.74, 6) is 0. The van der Waals surface area contributed by atoms with Crippen molar-refractivity contribution in [3.63, 3.8) is 0 Å². The Hall–Kier alpha value is -2.01. The average molecular weight is 333 g/mol. The Labute approximate surface area is 140 Å². The number of nitrogens with zero attached hydrogens (tertiary/aromatic N) is 2. The van der Waals surface area contributed by atoms with Crippen molar-refractivity contribution in [2.75, 3.05) is 31.1 Å². The lowest BCUT2D eigenvalue weighted by Crippen LogP contribution is -2.45. The average Bonchev–Trinajstić information content (AvgIpc) is 2.56. The normalized spacial score (nSPS) is 16.4. The standard InChI is InChI=1S/C19H20F3N2/c1-15-5-7-18(8-6-15)24-11-9-23(10-12-24)14-16-3-2-4-17(13-16)19(20,21)22/h2-8,13H,1,9-12,14H2. The van der Waals surface area contributed by atoms with Crippen LogP contribution in [0.3, 0.4) is 0 Å². The molecule has 2 nitrogen and oxygen atoms in total. The quantitative estimate of drug-likeness (QED) is 0.830. The SMILES string of the molecule is [CH2]c1ccc(N2CCN(Cc3cccc(C(F)(F)F)c3)CC2)cc1. The van der Waals surface area contributed by atoms with Crippen LogP contribution in [-0.4, -0.2) is 31.1 Å². The minimum absolute atomic E-state index is 0.551. The molecule has 2 aromatic carbocycles. The van der Waals surface area contributed by atoms with Gasteiger partial charge in [-0.1, -0.05) is 30.3 Å². The summed E-state index contributed by atoms with van der Waals surface area (Å²) in [5.41, 5.74) is 2.29. The second kappa shape index (κ2) is 6.85. The van der Waals surface area contributed by atoms with Crippen molar-refractivity contribution in [1.29, 1.82) is 0 Å². The molecule has 0 spiro atoms. The molecule has 5 heteroatoms. The maximum Gasteiger partial charge on any atom is 0.416 e. The van der Waals surface area contributed by atoms with E-state index >= 15 is 0 Å². The zero-order valence-corrected chi connectivity index (χ0v) is 13.4. The van der Waals surface area contributed by atoms with Gasteiger partial charge in [-0.3, -0.25) is 4.90 Å². The van der Waals surface area contributed by atoms with Gasteiger partial charge in [0.05, 0.1) is 5.56 Å². The van der Waals surface area contributed by atoms with Crippen molar-refractivity contribution in [1.82, 2.24) is 4.90 Å². The number of benzene rings is 2. The first-order chi connectivity index (χ1) is 11.4. The lowest BCUT2D eigenvalue weighted by Gasteiger charge is -2.36. The van der Waals surface area contributed by atoms with Gasteiger partial charge >= 0.3 is 6.18 Å². The molecule has 127 valence electrons. The van der Waals surface area contributed by atoms with E-state index in [0.29, 0.717) is 12.1 Å². The second-order valence-corrected chi connectivity index (χ2v) is 6.13. The summed E-state index contributed by atoms with van der Waals surface area (Å²) in [6.45, 7) is 7.85. The van der Waals surface area contributed by atoms with Crippen LogP contribution in [0.5, 0.6) is 0 Å². The molecule has 0 saturated carbocycles. The van der Waals surface area contributed by atoms with Crippen molar-refractivity contribution in [3.05, 3.63) is 72.1 Å². The summed E-state index contributed by atoms with van der Waals surface area (Å²) < 4.78 is 38.4. The van der Waals surface area contributed by atoms with Gasteiger partial charge in [0, 0.05) is 38.4 Å². The number of hydrogen-bond acceptors (Lipinski definition) is 2. The summed E-state index contributed by atoms with van der Waals surface area (Å²) in [5, 5.41) is 0. The van der Waals surface area contributed by atoms with E-state index in [-0.39, 0.29) is 0 Å². The molecule has 0 unspecified atom stereocenters. The van der Waals surface area contributed by atoms with Crippen LogP contribution in [0.2, 0.25) is 0 Å². The van der Waals surface area contributed by atoms with Gasteiger partial charge in [0.15, 0.2) is 0 Å². The van der Waals surface area contributed by atoms with Crippen LogP contribution in [0.15, 0.2) is 48.5 Å². The molecule has 0 atom stereocenters. The van der Waals surface area contributed by atoms with Crippen LogP contribution in [-0.2, 0) is 12.7 Å². The van der Waals surface area contributed by atoms with E-state index in [1.807, 2.05) is 12.1 Å². The molecule has 1 radical (unpaired) electrons.